The van der Waals surface area contributed by atoms with Gasteiger partial charge in [0.15, 0.2) is 0 Å². The van der Waals surface area contributed by atoms with Gasteiger partial charge < -0.3 is 9.64 Å². The topological polar surface area (TPSA) is 95.6 Å². The van der Waals surface area contributed by atoms with E-state index in [1.807, 2.05) is 13.8 Å². The van der Waals surface area contributed by atoms with E-state index in [0.29, 0.717) is 31.7 Å². The Labute approximate surface area is 152 Å². The van der Waals surface area contributed by atoms with Crippen molar-refractivity contribution < 1.29 is 17.9 Å². The second-order valence-corrected chi connectivity index (χ2v) is 8.13. The first-order valence-electron chi connectivity index (χ1n) is 8.29. The van der Waals surface area contributed by atoms with Crippen LogP contribution in [0.2, 0.25) is 0 Å². The maximum atomic E-state index is 12.8. The van der Waals surface area contributed by atoms with Crippen molar-refractivity contribution in [1.82, 2.24) is 14.5 Å². The molecule has 0 aliphatic carbocycles. The molecule has 0 unspecified atom stereocenters. The molecule has 8 nitrogen and oxygen atoms in total. The molecule has 1 aromatic heterocycles. The third-order valence-electron chi connectivity index (χ3n) is 4.56. The molecule has 0 saturated carbocycles. The van der Waals surface area contributed by atoms with Gasteiger partial charge in [-0.05, 0) is 38.1 Å². The average Bonchev–Trinajstić information content (AvgIpc) is 2.99. The second kappa shape index (κ2) is 7.08. The van der Waals surface area contributed by atoms with E-state index < -0.39 is 16.0 Å². The fraction of sp³-hybridized carbons (Fsp3) is 0.412. The lowest BCUT2D eigenvalue weighted by Gasteiger charge is -2.35. The first-order chi connectivity index (χ1) is 12.3. The summed E-state index contributed by atoms with van der Waals surface area (Å²) in [5.74, 6) is -0.492. The summed E-state index contributed by atoms with van der Waals surface area (Å²) in [6, 6.07) is 5.82. The van der Waals surface area contributed by atoms with Crippen molar-refractivity contribution in [1.29, 1.82) is 0 Å². The molecule has 9 heteroatoms. The number of ether oxygens (including phenoxy) is 1. The van der Waals surface area contributed by atoms with Gasteiger partial charge in [0.25, 0.3) is 0 Å². The lowest BCUT2D eigenvalue weighted by Crippen LogP contribution is -2.48. The van der Waals surface area contributed by atoms with Gasteiger partial charge in [0.1, 0.15) is 0 Å². The summed E-state index contributed by atoms with van der Waals surface area (Å²) in [7, 11) is -2.30. The molecule has 1 aromatic carbocycles. The van der Waals surface area contributed by atoms with Gasteiger partial charge in [0.2, 0.25) is 10.0 Å². The molecule has 0 bridgehead atoms. The molecule has 2 heterocycles. The lowest BCUT2D eigenvalue weighted by atomic mass is 10.2. The number of esters is 1. The van der Waals surface area contributed by atoms with Crippen molar-refractivity contribution in [2.75, 3.05) is 38.2 Å². The molecule has 0 radical (unpaired) electrons. The maximum absolute atomic E-state index is 12.8. The van der Waals surface area contributed by atoms with Gasteiger partial charge in [-0.15, -0.1) is 0 Å². The number of aryl methyl sites for hydroxylation is 2. The van der Waals surface area contributed by atoms with Crippen LogP contribution in [0.3, 0.4) is 0 Å². The smallest absolute Gasteiger partial charge is 0.337 e. The van der Waals surface area contributed by atoms with E-state index in [-0.39, 0.29) is 4.90 Å². The number of nitrogens with zero attached hydrogens (tertiary/aromatic N) is 3. The van der Waals surface area contributed by atoms with Crippen molar-refractivity contribution in [3.63, 3.8) is 0 Å². The van der Waals surface area contributed by atoms with Crippen LogP contribution < -0.4 is 4.90 Å². The van der Waals surface area contributed by atoms with Gasteiger partial charge in [-0.25, -0.2) is 13.2 Å². The van der Waals surface area contributed by atoms with Crippen LogP contribution in [0.15, 0.2) is 29.2 Å². The molecule has 0 amide bonds. The zero-order chi connectivity index (χ0) is 18.9. The van der Waals surface area contributed by atoms with Crippen molar-refractivity contribution in [3.05, 3.63) is 41.2 Å². The zero-order valence-electron chi connectivity index (χ0n) is 15.0. The summed E-state index contributed by atoms with van der Waals surface area (Å²) in [6.07, 6.45) is 0. The number of sulfonamides is 1. The Morgan fingerprint density at radius 3 is 2.23 bits per heavy atom. The SMILES string of the molecule is COC(=O)c1ccc(S(=O)(=O)N2CCN(c3c(C)n[nH]c3C)CC2)cc1. The largest absolute Gasteiger partial charge is 0.465 e. The summed E-state index contributed by atoms with van der Waals surface area (Å²) in [5, 5.41) is 7.16. The third-order valence-corrected chi connectivity index (χ3v) is 6.47. The summed E-state index contributed by atoms with van der Waals surface area (Å²) in [5.41, 5.74) is 3.26. The van der Waals surface area contributed by atoms with Gasteiger partial charge in [0.05, 0.1) is 34.6 Å². The first kappa shape index (κ1) is 18.4. The molecule has 140 valence electrons. The summed E-state index contributed by atoms with van der Waals surface area (Å²) in [4.78, 5) is 13.8. The normalized spacial score (nSPS) is 15.9. The van der Waals surface area contributed by atoms with Crippen LogP contribution >= 0.6 is 0 Å². The molecule has 1 aliphatic rings. The number of piperazine rings is 1. The highest BCUT2D eigenvalue weighted by atomic mass is 32.2. The van der Waals surface area contributed by atoms with Crippen molar-refractivity contribution in [2.45, 2.75) is 18.7 Å². The first-order valence-corrected chi connectivity index (χ1v) is 9.73. The van der Waals surface area contributed by atoms with E-state index >= 15 is 0 Å². The average molecular weight is 378 g/mol. The number of H-pyrrole nitrogens is 1. The molecular formula is C17H22N4O4S. The minimum absolute atomic E-state index is 0.175. The highest BCUT2D eigenvalue weighted by Gasteiger charge is 2.30. The van der Waals surface area contributed by atoms with E-state index in [1.165, 1.54) is 35.7 Å². The number of hydrogen-bond donors (Lipinski definition) is 1. The van der Waals surface area contributed by atoms with Crippen LogP contribution in [0.1, 0.15) is 21.7 Å². The van der Waals surface area contributed by atoms with E-state index in [1.54, 1.807) is 0 Å². The number of methoxy groups -OCH3 is 1. The summed E-state index contributed by atoms with van der Waals surface area (Å²) in [6.45, 7) is 5.88. The molecule has 1 fully saturated rings. The monoisotopic (exact) mass is 378 g/mol. The number of benzene rings is 1. The van der Waals surface area contributed by atoms with E-state index in [2.05, 4.69) is 19.8 Å². The van der Waals surface area contributed by atoms with Crippen molar-refractivity contribution >= 4 is 21.7 Å². The lowest BCUT2D eigenvalue weighted by molar-refractivity contribution is 0.0600. The van der Waals surface area contributed by atoms with Crippen LogP contribution in [0.5, 0.6) is 0 Å². The third kappa shape index (κ3) is 3.32. The van der Waals surface area contributed by atoms with Crippen molar-refractivity contribution in [2.24, 2.45) is 0 Å². The number of hydrogen-bond acceptors (Lipinski definition) is 6. The molecule has 1 aliphatic heterocycles. The van der Waals surface area contributed by atoms with E-state index in [0.717, 1.165) is 17.1 Å². The minimum Gasteiger partial charge on any atom is -0.465 e. The molecule has 1 N–H and O–H groups in total. The van der Waals surface area contributed by atoms with Crippen LogP contribution in [0, 0.1) is 13.8 Å². The second-order valence-electron chi connectivity index (χ2n) is 6.19. The van der Waals surface area contributed by atoms with E-state index in [4.69, 9.17) is 0 Å². The Kier molecular flexibility index (Phi) is 5.01. The van der Waals surface area contributed by atoms with E-state index in [9.17, 15) is 13.2 Å². The Morgan fingerprint density at radius 1 is 1.12 bits per heavy atom. The van der Waals surface area contributed by atoms with Gasteiger partial charge in [-0.3, -0.25) is 5.10 Å². The Morgan fingerprint density at radius 2 is 1.73 bits per heavy atom. The van der Waals surface area contributed by atoms with Gasteiger partial charge >= 0.3 is 5.97 Å². The Bertz CT molecular complexity index is 878. The number of nitrogens with one attached hydrogen (secondary N) is 1. The minimum atomic E-state index is -3.59. The summed E-state index contributed by atoms with van der Waals surface area (Å²) >= 11 is 0. The molecule has 26 heavy (non-hydrogen) atoms. The number of aromatic nitrogens is 2. The predicted octanol–water partition coefficient (Wildman–Crippen LogP) is 1.32. The number of carbonyl (C=O) groups excluding carboxylic acids is 1. The van der Waals surface area contributed by atoms with Crippen molar-refractivity contribution in [3.8, 4) is 0 Å². The number of carbonyl (C=O) groups is 1. The number of aromatic amines is 1. The molecular weight excluding hydrogens is 356 g/mol. The predicted molar refractivity (Wildman–Crippen MR) is 96.8 cm³/mol. The Hall–Kier alpha value is -2.39. The Balaban J connectivity index is 1.73. The molecule has 3 rings (SSSR count). The fourth-order valence-corrected chi connectivity index (χ4v) is 4.62. The van der Waals surface area contributed by atoms with Crippen LogP contribution in [0.25, 0.3) is 0 Å². The van der Waals surface area contributed by atoms with Gasteiger partial charge in [-0.1, -0.05) is 0 Å². The quantitative estimate of drug-likeness (QED) is 0.807. The fourth-order valence-electron chi connectivity index (χ4n) is 3.19. The number of rotatable bonds is 4. The molecule has 0 atom stereocenters. The molecule has 1 saturated heterocycles. The maximum Gasteiger partial charge on any atom is 0.337 e. The zero-order valence-corrected chi connectivity index (χ0v) is 15.8. The van der Waals surface area contributed by atoms with Crippen LogP contribution in [0.4, 0.5) is 5.69 Å². The van der Waals surface area contributed by atoms with Crippen LogP contribution in [-0.2, 0) is 14.8 Å². The van der Waals surface area contributed by atoms with Crippen LogP contribution in [-0.4, -0.2) is 62.2 Å². The highest BCUT2D eigenvalue weighted by molar-refractivity contribution is 7.89. The van der Waals surface area contributed by atoms with Gasteiger partial charge in [-0.2, -0.15) is 9.40 Å². The molecule has 2 aromatic rings. The highest BCUT2D eigenvalue weighted by Crippen LogP contribution is 2.25. The summed E-state index contributed by atoms with van der Waals surface area (Å²) < 4.78 is 31.8. The number of anilines is 1. The molecule has 0 spiro atoms. The van der Waals surface area contributed by atoms with Gasteiger partial charge in [0, 0.05) is 26.2 Å². The standard InChI is InChI=1S/C17H22N4O4S/c1-12-16(13(2)19-18-12)20-8-10-21(11-9-20)26(23,24)15-6-4-14(5-7-15)17(22)25-3/h4-7H,8-11H2,1-3H3,(H,18,19).